The molecule has 0 bridgehead atoms. The molecule has 1 aromatic carbocycles. The normalized spacial score (nSPS) is 10.3. The third-order valence-electron chi connectivity index (χ3n) is 2.89. The topological polar surface area (TPSA) is 82.2 Å². The Morgan fingerprint density at radius 1 is 1.50 bits per heavy atom. The van der Waals surface area contributed by atoms with Gasteiger partial charge in [0.25, 0.3) is 5.91 Å². The largest absolute Gasteiger partial charge is 0.497 e. The number of aryl methyl sites for hydroxylation is 1. The van der Waals surface area contributed by atoms with Crippen molar-refractivity contribution in [3.63, 3.8) is 0 Å². The predicted molar refractivity (Wildman–Crippen MR) is 76.7 cm³/mol. The lowest BCUT2D eigenvalue weighted by molar-refractivity contribution is 0.0952. The highest BCUT2D eigenvalue weighted by atomic mass is 16.5. The number of carbonyl (C=O) groups is 1. The fraction of sp³-hybridized carbons (Fsp3) is 0.286. The SMILES string of the molecule is COc1ccc(N)c(C(=O)NCCn2cc(C)cn2)c1. The lowest BCUT2D eigenvalue weighted by Crippen LogP contribution is -2.28. The molecule has 0 atom stereocenters. The zero-order valence-electron chi connectivity index (χ0n) is 11.6. The third kappa shape index (κ3) is 3.28. The molecule has 0 spiro atoms. The van der Waals surface area contributed by atoms with Crippen molar-refractivity contribution in [1.29, 1.82) is 0 Å². The van der Waals surface area contributed by atoms with Gasteiger partial charge in [-0.05, 0) is 30.7 Å². The van der Waals surface area contributed by atoms with Crippen molar-refractivity contribution in [2.45, 2.75) is 13.5 Å². The molecule has 20 heavy (non-hydrogen) atoms. The van der Waals surface area contributed by atoms with Crippen LogP contribution in [0.2, 0.25) is 0 Å². The highest BCUT2D eigenvalue weighted by molar-refractivity contribution is 5.99. The van der Waals surface area contributed by atoms with Gasteiger partial charge in [-0.1, -0.05) is 0 Å². The monoisotopic (exact) mass is 274 g/mol. The first-order valence-corrected chi connectivity index (χ1v) is 6.31. The fourth-order valence-electron chi connectivity index (χ4n) is 1.83. The average Bonchev–Trinajstić information content (AvgIpc) is 2.85. The van der Waals surface area contributed by atoms with E-state index in [1.54, 1.807) is 36.2 Å². The quantitative estimate of drug-likeness (QED) is 0.803. The van der Waals surface area contributed by atoms with Crippen molar-refractivity contribution in [2.24, 2.45) is 0 Å². The van der Waals surface area contributed by atoms with Crippen LogP contribution in [-0.2, 0) is 6.54 Å². The average molecular weight is 274 g/mol. The van der Waals surface area contributed by atoms with Crippen LogP contribution in [0.25, 0.3) is 0 Å². The van der Waals surface area contributed by atoms with E-state index < -0.39 is 0 Å². The number of amides is 1. The maximum absolute atomic E-state index is 12.1. The molecular weight excluding hydrogens is 256 g/mol. The number of hydrogen-bond acceptors (Lipinski definition) is 4. The van der Waals surface area contributed by atoms with Crippen LogP contribution < -0.4 is 15.8 Å². The maximum Gasteiger partial charge on any atom is 0.253 e. The maximum atomic E-state index is 12.1. The van der Waals surface area contributed by atoms with Crippen LogP contribution >= 0.6 is 0 Å². The second-order valence-corrected chi connectivity index (χ2v) is 4.49. The highest BCUT2D eigenvalue weighted by Crippen LogP contribution is 2.19. The molecule has 6 heteroatoms. The molecule has 0 aliphatic carbocycles. The Kier molecular flexibility index (Phi) is 4.24. The van der Waals surface area contributed by atoms with Gasteiger partial charge in [-0.3, -0.25) is 9.48 Å². The second kappa shape index (κ2) is 6.10. The van der Waals surface area contributed by atoms with Crippen molar-refractivity contribution >= 4 is 11.6 Å². The van der Waals surface area contributed by atoms with Crippen LogP contribution in [0.15, 0.2) is 30.6 Å². The Hall–Kier alpha value is -2.50. The predicted octanol–water partition coefficient (Wildman–Crippen LogP) is 1.21. The summed E-state index contributed by atoms with van der Waals surface area (Å²) >= 11 is 0. The van der Waals surface area contributed by atoms with Crippen LogP contribution in [0, 0.1) is 6.92 Å². The Bertz CT molecular complexity index is 607. The Morgan fingerprint density at radius 3 is 2.95 bits per heavy atom. The molecule has 0 radical (unpaired) electrons. The van der Waals surface area contributed by atoms with Crippen LogP contribution in [0.4, 0.5) is 5.69 Å². The van der Waals surface area contributed by atoms with Crippen LogP contribution in [0.3, 0.4) is 0 Å². The molecule has 1 amide bonds. The molecule has 0 unspecified atom stereocenters. The number of benzene rings is 1. The molecule has 2 aromatic rings. The molecule has 0 fully saturated rings. The number of methoxy groups -OCH3 is 1. The lowest BCUT2D eigenvalue weighted by atomic mass is 10.1. The van der Waals surface area contributed by atoms with Crippen molar-refractivity contribution in [2.75, 3.05) is 19.4 Å². The summed E-state index contributed by atoms with van der Waals surface area (Å²) in [7, 11) is 1.55. The van der Waals surface area contributed by atoms with Gasteiger partial charge in [0.15, 0.2) is 0 Å². The molecule has 0 saturated carbocycles. The van der Waals surface area contributed by atoms with Crippen LogP contribution in [0.5, 0.6) is 5.75 Å². The molecule has 1 aromatic heterocycles. The Morgan fingerprint density at radius 2 is 2.30 bits per heavy atom. The zero-order valence-corrected chi connectivity index (χ0v) is 11.6. The van der Waals surface area contributed by atoms with E-state index in [1.165, 1.54) is 0 Å². The van der Waals surface area contributed by atoms with Gasteiger partial charge in [-0.15, -0.1) is 0 Å². The molecule has 0 saturated heterocycles. The van der Waals surface area contributed by atoms with Gasteiger partial charge >= 0.3 is 0 Å². The summed E-state index contributed by atoms with van der Waals surface area (Å²) in [6.07, 6.45) is 3.70. The Balaban J connectivity index is 1.94. The first-order chi connectivity index (χ1) is 9.60. The summed E-state index contributed by atoms with van der Waals surface area (Å²) in [5.74, 6) is 0.386. The van der Waals surface area contributed by atoms with Gasteiger partial charge in [0, 0.05) is 18.4 Å². The number of carbonyl (C=O) groups excluding carboxylic acids is 1. The fourth-order valence-corrected chi connectivity index (χ4v) is 1.83. The Labute approximate surface area is 117 Å². The summed E-state index contributed by atoms with van der Waals surface area (Å²) in [4.78, 5) is 12.1. The molecule has 0 aliphatic heterocycles. The minimum absolute atomic E-state index is 0.217. The van der Waals surface area contributed by atoms with Gasteiger partial charge in [-0.2, -0.15) is 5.10 Å². The number of nitrogens with two attached hydrogens (primary N) is 1. The molecular formula is C14H18N4O2. The number of anilines is 1. The molecule has 1 heterocycles. The lowest BCUT2D eigenvalue weighted by Gasteiger charge is -2.09. The van der Waals surface area contributed by atoms with Crippen LogP contribution in [0.1, 0.15) is 15.9 Å². The first kappa shape index (κ1) is 13.9. The number of hydrogen-bond donors (Lipinski definition) is 2. The number of ether oxygens (including phenoxy) is 1. The number of nitrogens with zero attached hydrogens (tertiary/aromatic N) is 2. The number of aromatic nitrogens is 2. The van der Waals surface area contributed by atoms with Crippen molar-refractivity contribution in [3.05, 3.63) is 41.7 Å². The second-order valence-electron chi connectivity index (χ2n) is 4.49. The van der Waals surface area contributed by atoms with E-state index in [1.807, 2.05) is 13.1 Å². The summed E-state index contributed by atoms with van der Waals surface area (Å²) < 4.78 is 6.87. The van der Waals surface area contributed by atoms with Gasteiger partial charge in [0.05, 0.1) is 25.4 Å². The molecule has 106 valence electrons. The van der Waals surface area contributed by atoms with Gasteiger partial charge < -0.3 is 15.8 Å². The standard InChI is InChI=1S/C14H18N4O2/c1-10-8-17-18(9-10)6-5-16-14(19)12-7-11(20-2)3-4-13(12)15/h3-4,7-9H,5-6,15H2,1-2H3,(H,16,19). The van der Waals surface area contributed by atoms with Crippen molar-refractivity contribution < 1.29 is 9.53 Å². The summed E-state index contributed by atoms with van der Waals surface area (Å²) in [5.41, 5.74) is 7.73. The third-order valence-corrected chi connectivity index (χ3v) is 2.89. The molecule has 0 aliphatic rings. The highest BCUT2D eigenvalue weighted by Gasteiger charge is 2.10. The minimum atomic E-state index is -0.217. The van der Waals surface area contributed by atoms with E-state index in [-0.39, 0.29) is 5.91 Å². The number of nitrogen functional groups attached to an aromatic ring is 1. The smallest absolute Gasteiger partial charge is 0.253 e. The van der Waals surface area contributed by atoms with E-state index >= 15 is 0 Å². The summed E-state index contributed by atoms with van der Waals surface area (Å²) in [6, 6.07) is 5.01. The van der Waals surface area contributed by atoms with E-state index in [4.69, 9.17) is 10.5 Å². The summed E-state index contributed by atoms with van der Waals surface area (Å²) in [6.45, 7) is 3.07. The van der Waals surface area contributed by atoms with E-state index in [9.17, 15) is 4.79 Å². The van der Waals surface area contributed by atoms with Crippen LogP contribution in [-0.4, -0.2) is 29.3 Å². The number of rotatable bonds is 5. The zero-order chi connectivity index (χ0) is 14.5. The number of nitrogens with one attached hydrogen (secondary N) is 1. The van der Waals surface area contributed by atoms with Crippen molar-refractivity contribution in [1.82, 2.24) is 15.1 Å². The van der Waals surface area contributed by atoms with Gasteiger partial charge in [0.2, 0.25) is 0 Å². The van der Waals surface area contributed by atoms with E-state index in [2.05, 4.69) is 10.4 Å². The van der Waals surface area contributed by atoms with Crippen molar-refractivity contribution in [3.8, 4) is 5.75 Å². The molecule has 2 rings (SSSR count). The van der Waals surface area contributed by atoms with E-state index in [0.717, 1.165) is 5.56 Å². The van der Waals surface area contributed by atoms with Gasteiger partial charge in [0.1, 0.15) is 5.75 Å². The van der Waals surface area contributed by atoms with Gasteiger partial charge in [-0.25, -0.2) is 0 Å². The first-order valence-electron chi connectivity index (χ1n) is 6.31. The molecule has 3 N–H and O–H groups in total. The summed E-state index contributed by atoms with van der Waals surface area (Å²) in [5, 5.41) is 6.96. The van der Waals surface area contributed by atoms with E-state index in [0.29, 0.717) is 30.1 Å². The minimum Gasteiger partial charge on any atom is -0.497 e. The molecule has 6 nitrogen and oxygen atoms in total.